The van der Waals surface area contributed by atoms with E-state index in [-0.39, 0.29) is 22.9 Å². The van der Waals surface area contributed by atoms with Crippen LogP contribution >= 0.6 is 0 Å². The quantitative estimate of drug-likeness (QED) is 0.722. The second-order valence-electron chi connectivity index (χ2n) is 4.67. The van der Waals surface area contributed by atoms with Gasteiger partial charge in [0.1, 0.15) is 6.07 Å². The fourth-order valence-corrected chi connectivity index (χ4v) is 2.95. The molecule has 0 unspecified atom stereocenters. The van der Waals surface area contributed by atoms with Crippen LogP contribution in [0.2, 0.25) is 0 Å². The van der Waals surface area contributed by atoms with Crippen LogP contribution in [0.3, 0.4) is 0 Å². The molecule has 0 aliphatic carbocycles. The molecule has 12 heteroatoms. The summed E-state index contributed by atoms with van der Waals surface area (Å²) in [5, 5.41) is 13.2. The minimum absolute atomic E-state index is 0.0400. The van der Waals surface area contributed by atoms with E-state index >= 15 is 0 Å². The van der Waals surface area contributed by atoms with Crippen LogP contribution in [0.5, 0.6) is 11.5 Å². The number of fused-ring (bicyclic) bond motifs is 1. The molecule has 2 aromatic rings. The monoisotopic (exact) mass is 396 g/mol. The number of amidine groups is 1. The Morgan fingerprint density at radius 1 is 1.12 bits per heavy atom. The van der Waals surface area contributed by atoms with Crippen LogP contribution in [0.25, 0.3) is 0 Å². The molecule has 1 heterocycles. The fourth-order valence-electron chi connectivity index (χ4n) is 1.81. The summed E-state index contributed by atoms with van der Waals surface area (Å²) >= 11 is 0. The summed E-state index contributed by atoms with van der Waals surface area (Å²) in [6.45, 7) is 0. The number of nitrogens with two attached hydrogens (primary N) is 2. The average molecular weight is 396 g/mol. The van der Waals surface area contributed by atoms with E-state index in [0.717, 1.165) is 0 Å². The van der Waals surface area contributed by atoms with E-state index in [1.165, 1.54) is 18.2 Å². The molecular weight excluding hydrogens is 384 g/mol. The van der Waals surface area contributed by atoms with Gasteiger partial charge in [-0.2, -0.15) is 27.2 Å². The molecule has 0 radical (unpaired) electrons. The Labute approximate surface area is 149 Å². The number of benzene rings is 2. The van der Waals surface area contributed by atoms with Crippen molar-refractivity contribution >= 4 is 26.4 Å². The highest BCUT2D eigenvalue weighted by Gasteiger charge is 2.22. The molecule has 0 saturated carbocycles. The van der Waals surface area contributed by atoms with Gasteiger partial charge < -0.3 is 14.1 Å². The molecule has 3 rings (SSSR count). The van der Waals surface area contributed by atoms with Crippen LogP contribution < -0.4 is 19.2 Å². The van der Waals surface area contributed by atoms with Crippen molar-refractivity contribution < 1.29 is 25.2 Å². The minimum atomic E-state index is -4.06. The van der Waals surface area contributed by atoms with Gasteiger partial charge in [-0.3, -0.25) is 0 Å². The predicted octanol–water partition coefficient (Wildman–Crippen LogP) is 0.170. The molecule has 1 aliphatic heterocycles. The third-order valence-electron chi connectivity index (χ3n) is 2.78. The summed E-state index contributed by atoms with van der Waals surface area (Å²) in [5.41, 5.74) is 6.03. The van der Waals surface area contributed by atoms with Crippen molar-refractivity contribution in [1.29, 1.82) is 5.26 Å². The third kappa shape index (κ3) is 5.18. The highest BCUT2D eigenvalue weighted by Crippen LogP contribution is 2.23. The van der Waals surface area contributed by atoms with Gasteiger partial charge in [-0.05, 0) is 24.3 Å². The maximum Gasteiger partial charge on any atom is 0.430 e. The largest absolute Gasteiger partial charge is 0.430 e. The topological polar surface area (TPSA) is 175 Å². The van der Waals surface area contributed by atoms with E-state index in [1.54, 1.807) is 36.4 Å². The molecule has 0 saturated heterocycles. The highest BCUT2D eigenvalue weighted by atomic mass is 32.2. The minimum Gasteiger partial charge on any atom is -0.382 e. The molecule has 136 valence electrons. The molecule has 10 nitrogen and oxygen atoms in total. The van der Waals surface area contributed by atoms with Crippen molar-refractivity contribution in [3.63, 3.8) is 0 Å². The molecule has 0 fully saturated rings. The molecule has 0 spiro atoms. The van der Waals surface area contributed by atoms with Crippen LogP contribution in [0, 0.1) is 11.3 Å². The Kier molecular flexibility index (Phi) is 5.46. The highest BCUT2D eigenvalue weighted by molar-refractivity contribution is 7.86. The lowest BCUT2D eigenvalue weighted by Crippen LogP contribution is -2.24. The third-order valence-corrected chi connectivity index (χ3v) is 4.00. The van der Waals surface area contributed by atoms with E-state index in [1.807, 2.05) is 0 Å². The van der Waals surface area contributed by atoms with Gasteiger partial charge in [0.2, 0.25) is 0 Å². The van der Waals surface area contributed by atoms with Gasteiger partial charge in [-0.25, -0.2) is 0 Å². The molecule has 0 aromatic heterocycles. The van der Waals surface area contributed by atoms with Crippen LogP contribution in [0.4, 0.5) is 0 Å². The Hall–Kier alpha value is -3.14. The zero-order chi connectivity index (χ0) is 19.4. The van der Waals surface area contributed by atoms with Crippen molar-refractivity contribution in [2.45, 2.75) is 0 Å². The van der Waals surface area contributed by atoms with Gasteiger partial charge in [0, 0.05) is 0 Å². The zero-order valence-electron chi connectivity index (χ0n) is 12.9. The lowest BCUT2D eigenvalue weighted by Gasteiger charge is -2.12. The first-order valence-electron chi connectivity index (χ1n) is 6.72. The van der Waals surface area contributed by atoms with E-state index in [4.69, 9.17) is 11.0 Å². The van der Waals surface area contributed by atoms with Gasteiger partial charge in [0.15, 0.2) is 17.3 Å². The van der Waals surface area contributed by atoms with E-state index in [2.05, 4.69) is 17.9 Å². The normalized spacial score (nSPS) is 14.4. The second kappa shape index (κ2) is 7.40. The fraction of sp³-hybridized carbons (Fsp3) is 0. The Bertz CT molecular complexity index is 1100. The number of para-hydroxylation sites is 2. The molecule has 0 bridgehead atoms. The Morgan fingerprint density at radius 2 is 1.73 bits per heavy atom. The maximum atomic E-state index is 10.9. The molecule has 0 atom stereocenters. The zero-order valence-corrected chi connectivity index (χ0v) is 14.6. The van der Waals surface area contributed by atoms with Crippen molar-refractivity contribution in [2.75, 3.05) is 0 Å². The standard InChI is InChI=1S/2C7H6N2O3S/c8-7-5-3-1-2-4-6(5)12-13(10,11)9-7;8-5-6-3-1-2-4-7(6)12-13(9,10)11/h1-4H,(H2,8,9);1-4H,(H2,9,10,11). The van der Waals surface area contributed by atoms with Gasteiger partial charge in [-0.1, -0.05) is 24.3 Å². The number of hydrogen-bond acceptors (Lipinski definition) is 8. The number of hydrogen-bond donors (Lipinski definition) is 2. The summed E-state index contributed by atoms with van der Waals surface area (Å²) in [6, 6.07) is 14.2. The Morgan fingerprint density at radius 3 is 2.38 bits per heavy atom. The van der Waals surface area contributed by atoms with Crippen LogP contribution in [-0.4, -0.2) is 22.7 Å². The van der Waals surface area contributed by atoms with E-state index in [0.29, 0.717) is 5.56 Å². The Balaban J connectivity index is 0.000000187. The lowest BCUT2D eigenvalue weighted by molar-refractivity contribution is 0.483. The number of nitrogens with zero attached hydrogens (tertiary/aromatic N) is 2. The summed E-state index contributed by atoms with van der Waals surface area (Å²) in [5.74, 6) is 0.115. The first kappa shape index (κ1) is 19.2. The van der Waals surface area contributed by atoms with Crippen molar-refractivity contribution in [1.82, 2.24) is 0 Å². The van der Waals surface area contributed by atoms with Crippen molar-refractivity contribution in [3.05, 3.63) is 59.7 Å². The summed E-state index contributed by atoms with van der Waals surface area (Å²) in [7, 11) is -7.94. The molecule has 26 heavy (non-hydrogen) atoms. The summed E-state index contributed by atoms with van der Waals surface area (Å²) in [6.07, 6.45) is 0. The smallest absolute Gasteiger partial charge is 0.382 e. The molecule has 4 N–H and O–H groups in total. The SMILES string of the molecule is N#Cc1ccccc1OS(N)(=O)=O.NC1=NS(=O)(=O)Oc2ccccc21. The molecule has 1 aliphatic rings. The molecule has 0 amide bonds. The second-order valence-corrected chi connectivity index (χ2v) is 7.02. The predicted molar refractivity (Wildman–Crippen MR) is 91.6 cm³/mol. The molecule has 2 aromatic carbocycles. The van der Waals surface area contributed by atoms with Gasteiger partial charge >= 0.3 is 20.6 Å². The maximum absolute atomic E-state index is 10.9. The first-order chi connectivity index (χ1) is 12.1. The van der Waals surface area contributed by atoms with Gasteiger partial charge in [0.05, 0.1) is 11.1 Å². The average Bonchev–Trinajstić information content (AvgIpc) is 2.53. The van der Waals surface area contributed by atoms with E-state index < -0.39 is 20.6 Å². The van der Waals surface area contributed by atoms with Crippen molar-refractivity contribution in [3.8, 4) is 17.6 Å². The number of nitriles is 1. The van der Waals surface area contributed by atoms with Gasteiger partial charge in [-0.15, -0.1) is 4.40 Å². The summed E-state index contributed by atoms with van der Waals surface area (Å²) in [4.78, 5) is 0. The van der Waals surface area contributed by atoms with Crippen LogP contribution in [0.15, 0.2) is 52.9 Å². The summed E-state index contributed by atoms with van der Waals surface area (Å²) < 4.78 is 55.0. The molecular formula is C14H12N4O6S2. The van der Waals surface area contributed by atoms with Gasteiger partial charge in [0.25, 0.3) is 0 Å². The number of rotatable bonds is 2. The van der Waals surface area contributed by atoms with Crippen molar-refractivity contribution in [2.24, 2.45) is 15.3 Å². The van der Waals surface area contributed by atoms with E-state index in [9.17, 15) is 16.8 Å². The van der Waals surface area contributed by atoms with Crippen LogP contribution in [-0.2, 0) is 20.6 Å². The lowest BCUT2D eigenvalue weighted by atomic mass is 10.2. The van der Waals surface area contributed by atoms with Crippen LogP contribution in [0.1, 0.15) is 11.1 Å². The first-order valence-corrected chi connectivity index (χ1v) is 9.55.